The zero-order valence-electron chi connectivity index (χ0n) is 9.81. The first kappa shape index (κ1) is 12.1. The van der Waals surface area contributed by atoms with E-state index in [4.69, 9.17) is 14.2 Å². The van der Waals surface area contributed by atoms with Gasteiger partial charge in [-0.25, -0.2) is 0 Å². The monoisotopic (exact) mass is 252 g/mol. The Hall–Kier alpha value is -0.980. The van der Waals surface area contributed by atoms with Crippen molar-refractivity contribution < 1.29 is 24.4 Å². The topological polar surface area (TPSA) is 68.2 Å². The molecule has 2 N–H and O–H groups in total. The fourth-order valence-corrected chi connectivity index (χ4v) is 2.31. The van der Waals surface area contributed by atoms with E-state index in [1.165, 1.54) is 0 Å². The Bertz CT molecular complexity index is 396. The normalized spacial score (nSPS) is 38.9. The Kier molecular flexibility index (Phi) is 3.32. The third kappa shape index (κ3) is 2.15. The van der Waals surface area contributed by atoms with Crippen molar-refractivity contribution in [2.45, 2.75) is 37.3 Å². The lowest BCUT2D eigenvalue weighted by Gasteiger charge is -2.35. The highest BCUT2D eigenvalue weighted by Gasteiger charge is 2.50. The van der Waals surface area contributed by atoms with E-state index in [9.17, 15) is 10.2 Å². The highest BCUT2D eigenvalue weighted by atomic mass is 16.8. The number of rotatable bonds is 3. The minimum atomic E-state index is -0.972. The molecule has 2 saturated heterocycles. The molecule has 5 atom stereocenters. The summed E-state index contributed by atoms with van der Waals surface area (Å²) in [5.41, 5.74) is 0.999. The van der Waals surface area contributed by atoms with Crippen molar-refractivity contribution in [3.8, 4) is 0 Å². The minimum absolute atomic E-state index is 0.300. The summed E-state index contributed by atoms with van der Waals surface area (Å²) in [7, 11) is 0. The smallest absolute Gasteiger partial charge is 0.187 e. The summed E-state index contributed by atoms with van der Waals surface area (Å²) in [4.78, 5) is 0. The van der Waals surface area contributed by atoms with E-state index in [1.807, 2.05) is 30.3 Å². The van der Waals surface area contributed by atoms with Gasteiger partial charge in [0.2, 0.25) is 0 Å². The molecule has 2 aliphatic rings. The molecule has 98 valence electrons. The molecular weight excluding hydrogens is 236 g/mol. The molecule has 1 aromatic carbocycles. The van der Waals surface area contributed by atoms with Crippen molar-refractivity contribution in [2.24, 2.45) is 0 Å². The van der Waals surface area contributed by atoms with E-state index < -0.39 is 30.7 Å². The van der Waals surface area contributed by atoms with Crippen LogP contribution in [-0.2, 0) is 20.8 Å². The van der Waals surface area contributed by atoms with E-state index in [2.05, 4.69) is 0 Å². The van der Waals surface area contributed by atoms with Crippen LogP contribution in [0.3, 0.4) is 0 Å². The average Bonchev–Trinajstić information content (AvgIpc) is 2.84. The largest absolute Gasteiger partial charge is 0.387 e. The molecule has 0 unspecified atom stereocenters. The molecule has 5 nitrogen and oxygen atoms in total. The van der Waals surface area contributed by atoms with Gasteiger partial charge in [-0.05, 0) is 5.56 Å². The van der Waals surface area contributed by atoms with Crippen molar-refractivity contribution in [3.05, 3.63) is 35.9 Å². The van der Waals surface area contributed by atoms with Crippen LogP contribution in [-0.4, -0.2) is 47.5 Å². The van der Waals surface area contributed by atoms with Gasteiger partial charge < -0.3 is 24.4 Å². The number of aliphatic hydroxyl groups excluding tert-OH is 2. The summed E-state index contributed by atoms with van der Waals surface area (Å²) in [6.07, 6.45) is -3.61. The van der Waals surface area contributed by atoms with Crippen molar-refractivity contribution >= 4 is 0 Å². The second kappa shape index (κ2) is 4.95. The molecule has 0 amide bonds. The van der Waals surface area contributed by atoms with Crippen molar-refractivity contribution in [1.29, 1.82) is 0 Å². The molecule has 0 radical (unpaired) electrons. The summed E-state index contributed by atoms with van der Waals surface area (Å²) in [5.74, 6) is 0. The number of benzene rings is 1. The van der Waals surface area contributed by atoms with Crippen LogP contribution in [0.5, 0.6) is 0 Å². The zero-order valence-corrected chi connectivity index (χ0v) is 9.81. The molecule has 3 rings (SSSR count). The van der Waals surface area contributed by atoms with E-state index in [1.54, 1.807) is 0 Å². The standard InChI is InChI=1S/C13H16O5/c14-10-9-7-17-13(18-9)12(11(10)15)16-6-8-4-2-1-3-5-8/h1-5,9-15H,6-7H2/t9-,10-,11+,12-,13-/m1/s1. The molecule has 2 aliphatic heterocycles. The van der Waals surface area contributed by atoms with Crippen LogP contribution in [0.4, 0.5) is 0 Å². The van der Waals surface area contributed by atoms with Gasteiger partial charge in [-0.1, -0.05) is 30.3 Å². The third-order valence-electron chi connectivity index (χ3n) is 3.35. The van der Waals surface area contributed by atoms with Crippen molar-refractivity contribution in [1.82, 2.24) is 0 Å². The SMILES string of the molecule is O[C@H]1[C@H](O)[C@H]2CO[C@H](O2)[C@@H]1OCc1ccccc1. The van der Waals surface area contributed by atoms with Crippen LogP contribution >= 0.6 is 0 Å². The van der Waals surface area contributed by atoms with Gasteiger partial charge in [-0.3, -0.25) is 0 Å². The Balaban J connectivity index is 1.65. The van der Waals surface area contributed by atoms with Crippen LogP contribution in [0, 0.1) is 0 Å². The number of hydrogen-bond acceptors (Lipinski definition) is 5. The van der Waals surface area contributed by atoms with Gasteiger partial charge in [0.05, 0.1) is 13.2 Å². The lowest BCUT2D eigenvalue weighted by molar-refractivity contribution is -0.245. The van der Waals surface area contributed by atoms with Gasteiger partial charge in [0, 0.05) is 0 Å². The molecule has 0 spiro atoms. The number of aliphatic hydroxyl groups is 2. The molecule has 0 aromatic heterocycles. The highest BCUT2D eigenvalue weighted by molar-refractivity contribution is 5.13. The quantitative estimate of drug-likeness (QED) is 0.795. The predicted octanol–water partition coefficient (Wildman–Crippen LogP) is 0.0487. The molecule has 0 aliphatic carbocycles. The minimum Gasteiger partial charge on any atom is -0.387 e. The molecule has 2 fully saturated rings. The van der Waals surface area contributed by atoms with Gasteiger partial charge in [-0.2, -0.15) is 0 Å². The summed E-state index contributed by atoms with van der Waals surface area (Å²) in [5, 5.41) is 19.8. The lowest BCUT2D eigenvalue weighted by Crippen LogP contribution is -2.54. The van der Waals surface area contributed by atoms with Gasteiger partial charge in [0.25, 0.3) is 0 Å². The van der Waals surface area contributed by atoms with Crippen LogP contribution in [0.25, 0.3) is 0 Å². The van der Waals surface area contributed by atoms with Crippen LogP contribution in [0.15, 0.2) is 30.3 Å². The van der Waals surface area contributed by atoms with Crippen LogP contribution in [0.2, 0.25) is 0 Å². The number of ether oxygens (including phenoxy) is 3. The first-order valence-corrected chi connectivity index (χ1v) is 6.04. The van der Waals surface area contributed by atoms with E-state index in [-0.39, 0.29) is 0 Å². The van der Waals surface area contributed by atoms with E-state index >= 15 is 0 Å². The Labute approximate surface area is 105 Å². The number of hydrogen-bond donors (Lipinski definition) is 2. The zero-order chi connectivity index (χ0) is 12.5. The first-order chi connectivity index (χ1) is 8.75. The molecule has 2 heterocycles. The fourth-order valence-electron chi connectivity index (χ4n) is 2.31. The van der Waals surface area contributed by atoms with Gasteiger partial charge in [-0.15, -0.1) is 0 Å². The third-order valence-corrected chi connectivity index (χ3v) is 3.35. The Morgan fingerprint density at radius 1 is 1.17 bits per heavy atom. The maximum atomic E-state index is 9.96. The molecular formula is C13H16O5. The van der Waals surface area contributed by atoms with Gasteiger partial charge in [0.1, 0.15) is 24.4 Å². The number of fused-ring (bicyclic) bond motifs is 2. The summed E-state index contributed by atoms with van der Waals surface area (Å²) in [6.45, 7) is 0.650. The summed E-state index contributed by atoms with van der Waals surface area (Å²) < 4.78 is 16.4. The second-order valence-corrected chi connectivity index (χ2v) is 4.62. The lowest BCUT2D eigenvalue weighted by atomic mass is 10.0. The molecule has 5 heteroatoms. The maximum absolute atomic E-state index is 9.96. The molecule has 0 saturated carbocycles. The van der Waals surface area contributed by atoms with Gasteiger partial charge >= 0.3 is 0 Å². The molecule has 1 aromatic rings. The average molecular weight is 252 g/mol. The van der Waals surface area contributed by atoms with E-state index in [0.29, 0.717) is 13.2 Å². The highest BCUT2D eigenvalue weighted by Crippen LogP contribution is 2.30. The van der Waals surface area contributed by atoms with Crippen molar-refractivity contribution in [2.75, 3.05) is 6.61 Å². The van der Waals surface area contributed by atoms with Crippen LogP contribution < -0.4 is 0 Å². The van der Waals surface area contributed by atoms with Gasteiger partial charge in [0.15, 0.2) is 6.29 Å². The van der Waals surface area contributed by atoms with E-state index in [0.717, 1.165) is 5.56 Å². The maximum Gasteiger partial charge on any atom is 0.187 e. The predicted molar refractivity (Wildman–Crippen MR) is 61.6 cm³/mol. The summed E-state index contributed by atoms with van der Waals surface area (Å²) in [6, 6.07) is 9.64. The Morgan fingerprint density at radius 3 is 2.72 bits per heavy atom. The fraction of sp³-hybridized carbons (Fsp3) is 0.538. The van der Waals surface area contributed by atoms with Crippen molar-refractivity contribution in [3.63, 3.8) is 0 Å². The van der Waals surface area contributed by atoms with Crippen LogP contribution in [0.1, 0.15) is 5.56 Å². The summed E-state index contributed by atoms with van der Waals surface area (Å²) >= 11 is 0. The molecule has 18 heavy (non-hydrogen) atoms. The Morgan fingerprint density at radius 2 is 1.94 bits per heavy atom. The first-order valence-electron chi connectivity index (χ1n) is 6.04. The molecule has 2 bridgehead atoms. The second-order valence-electron chi connectivity index (χ2n) is 4.62.